The molecule has 0 amide bonds. The molecule has 0 N–H and O–H groups in total. The van der Waals surface area contributed by atoms with E-state index in [0.717, 1.165) is 6.92 Å². The number of nitrogens with zero attached hydrogens (tertiary/aromatic N) is 3. The molecule has 32 heavy (non-hydrogen) atoms. The third-order valence-electron chi connectivity index (χ3n) is 3.96. The van der Waals surface area contributed by atoms with Gasteiger partial charge in [-0.15, -0.1) is 0 Å². The summed E-state index contributed by atoms with van der Waals surface area (Å²) in [4.78, 5) is 15.1. The van der Waals surface area contributed by atoms with E-state index in [1.165, 1.54) is 0 Å². The quantitative estimate of drug-likeness (QED) is 0.587. The number of benzene rings is 1. The van der Waals surface area contributed by atoms with Gasteiger partial charge in [-0.25, -0.2) is 17.7 Å². The highest BCUT2D eigenvalue weighted by Crippen LogP contribution is 2.43. The molecule has 2 rings (SSSR count). The second-order valence-electron chi connectivity index (χ2n) is 6.28. The number of rotatable bonds is 4. The van der Waals surface area contributed by atoms with Crippen LogP contribution < -0.4 is 9.86 Å². The van der Waals surface area contributed by atoms with Crippen molar-refractivity contribution in [1.82, 2.24) is 9.55 Å². The molecule has 0 atom stereocenters. The fraction of sp³-hybridized carbons (Fsp3) is 0.375. The molecule has 0 fully saturated rings. The maximum Gasteiger partial charge on any atom is 0.433 e. The minimum atomic E-state index is -5.56. The standard InChI is InChI=1S/C16H12F9N3O3S/c1-3-27-12(29)7-11(16(23,24)25)26-13(27)28(32(2,30)31)10-5-4-8(14(17,18)19)6-9(10)15(20,21)22/h4-7H,3H2,1-2H3. The van der Waals surface area contributed by atoms with Gasteiger partial charge in [0.1, 0.15) is 0 Å². The van der Waals surface area contributed by atoms with Crippen molar-refractivity contribution < 1.29 is 47.9 Å². The van der Waals surface area contributed by atoms with Gasteiger partial charge in [0.2, 0.25) is 16.0 Å². The lowest BCUT2D eigenvalue weighted by Gasteiger charge is -2.27. The van der Waals surface area contributed by atoms with Crippen molar-refractivity contribution in [2.45, 2.75) is 32.0 Å². The molecular formula is C16H12F9N3O3S. The first kappa shape index (κ1) is 25.5. The molecule has 0 aliphatic heterocycles. The first-order valence-corrected chi connectivity index (χ1v) is 10.1. The van der Waals surface area contributed by atoms with E-state index in [0.29, 0.717) is 4.57 Å². The average molecular weight is 497 g/mol. The summed E-state index contributed by atoms with van der Waals surface area (Å²) in [5, 5.41) is 0. The highest BCUT2D eigenvalue weighted by atomic mass is 32.2. The van der Waals surface area contributed by atoms with E-state index in [2.05, 4.69) is 4.98 Å². The Morgan fingerprint density at radius 3 is 1.91 bits per heavy atom. The summed E-state index contributed by atoms with van der Waals surface area (Å²) in [6, 6.07) is -0.149. The number of hydrogen-bond donors (Lipinski definition) is 0. The van der Waals surface area contributed by atoms with Gasteiger partial charge >= 0.3 is 18.5 Å². The van der Waals surface area contributed by atoms with Crippen molar-refractivity contribution in [2.75, 3.05) is 10.6 Å². The summed E-state index contributed by atoms with van der Waals surface area (Å²) in [6.45, 7) is 0.644. The van der Waals surface area contributed by atoms with Crippen LogP contribution in [0.2, 0.25) is 0 Å². The number of hydrogen-bond acceptors (Lipinski definition) is 4. The zero-order chi connectivity index (χ0) is 24.9. The maximum absolute atomic E-state index is 13.6. The van der Waals surface area contributed by atoms with Crippen LogP contribution in [0.3, 0.4) is 0 Å². The normalized spacial score (nSPS) is 13.3. The van der Waals surface area contributed by atoms with Gasteiger partial charge in [-0.3, -0.25) is 9.36 Å². The summed E-state index contributed by atoms with van der Waals surface area (Å²) in [5.74, 6) is -1.37. The number of aromatic nitrogens is 2. The van der Waals surface area contributed by atoms with Crippen LogP contribution >= 0.6 is 0 Å². The highest BCUT2D eigenvalue weighted by molar-refractivity contribution is 7.92. The van der Waals surface area contributed by atoms with Crippen molar-refractivity contribution in [3.05, 3.63) is 51.4 Å². The predicted octanol–water partition coefficient (Wildman–Crippen LogP) is 4.42. The van der Waals surface area contributed by atoms with Gasteiger partial charge in [-0.1, -0.05) is 0 Å². The Morgan fingerprint density at radius 1 is 0.938 bits per heavy atom. The Balaban J connectivity index is 3.02. The molecule has 1 heterocycles. The summed E-state index contributed by atoms with van der Waals surface area (Å²) in [6.07, 6.45) is -15.8. The van der Waals surface area contributed by atoms with Crippen molar-refractivity contribution >= 4 is 21.7 Å². The van der Waals surface area contributed by atoms with Crippen LogP contribution in [0, 0.1) is 0 Å². The van der Waals surface area contributed by atoms with Gasteiger partial charge in [-0.2, -0.15) is 39.5 Å². The second-order valence-corrected chi connectivity index (χ2v) is 8.11. The van der Waals surface area contributed by atoms with E-state index in [9.17, 15) is 52.7 Å². The summed E-state index contributed by atoms with van der Waals surface area (Å²) >= 11 is 0. The van der Waals surface area contributed by atoms with Crippen LogP contribution in [0.5, 0.6) is 0 Å². The van der Waals surface area contributed by atoms with Gasteiger partial charge in [0, 0.05) is 12.6 Å². The average Bonchev–Trinajstić information content (AvgIpc) is 2.58. The van der Waals surface area contributed by atoms with Crippen LogP contribution in [-0.2, 0) is 35.1 Å². The number of halogens is 9. The molecule has 0 aliphatic rings. The minimum Gasteiger partial charge on any atom is -0.278 e. The fourth-order valence-electron chi connectivity index (χ4n) is 2.64. The highest BCUT2D eigenvalue weighted by Gasteiger charge is 2.42. The third kappa shape index (κ3) is 5.16. The Kier molecular flexibility index (Phi) is 6.35. The zero-order valence-electron chi connectivity index (χ0n) is 15.9. The predicted molar refractivity (Wildman–Crippen MR) is 92.6 cm³/mol. The number of alkyl halides is 9. The van der Waals surface area contributed by atoms with E-state index < -0.39 is 75.2 Å². The smallest absolute Gasteiger partial charge is 0.278 e. The molecule has 6 nitrogen and oxygen atoms in total. The van der Waals surface area contributed by atoms with Crippen molar-refractivity contribution in [3.8, 4) is 0 Å². The van der Waals surface area contributed by atoms with Crippen LogP contribution in [0.25, 0.3) is 0 Å². The van der Waals surface area contributed by atoms with Crippen molar-refractivity contribution in [3.63, 3.8) is 0 Å². The molecule has 0 spiro atoms. The SMILES string of the molecule is CCn1c(N(c2ccc(C(F)(F)F)cc2C(F)(F)F)S(C)(=O)=O)nc(C(F)(F)F)cc1=O. The molecule has 0 aliphatic carbocycles. The van der Waals surface area contributed by atoms with E-state index >= 15 is 0 Å². The Bertz CT molecular complexity index is 1180. The second kappa shape index (κ2) is 7.97. The molecular weight excluding hydrogens is 485 g/mol. The van der Waals surface area contributed by atoms with Gasteiger partial charge in [0.15, 0.2) is 5.69 Å². The Hall–Kier alpha value is -2.78. The monoisotopic (exact) mass is 497 g/mol. The van der Waals surface area contributed by atoms with E-state index in [4.69, 9.17) is 0 Å². The molecule has 0 radical (unpaired) electrons. The van der Waals surface area contributed by atoms with Gasteiger partial charge in [0.25, 0.3) is 5.56 Å². The lowest BCUT2D eigenvalue weighted by Crippen LogP contribution is -2.35. The van der Waals surface area contributed by atoms with Crippen LogP contribution in [0.1, 0.15) is 23.7 Å². The largest absolute Gasteiger partial charge is 0.433 e. The van der Waals surface area contributed by atoms with Crippen molar-refractivity contribution in [2.24, 2.45) is 0 Å². The Labute approximate surface area is 173 Å². The molecule has 0 bridgehead atoms. The molecule has 1 aromatic heterocycles. The first-order chi connectivity index (χ1) is 14.3. The molecule has 178 valence electrons. The molecule has 0 saturated heterocycles. The molecule has 0 saturated carbocycles. The first-order valence-electron chi connectivity index (χ1n) is 8.26. The number of sulfonamides is 1. The number of anilines is 2. The van der Waals surface area contributed by atoms with Gasteiger partial charge < -0.3 is 0 Å². The molecule has 2 aromatic rings. The van der Waals surface area contributed by atoms with E-state index in [1.807, 2.05) is 0 Å². The molecule has 0 unspecified atom stereocenters. The zero-order valence-corrected chi connectivity index (χ0v) is 16.7. The van der Waals surface area contributed by atoms with Crippen molar-refractivity contribution in [1.29, 1.82) is 0 Å². The summed E-state index contributed by atoms with van der Waals surface area (Å²) in [5.41, 5.74) is -8.73. The summed E-state index contributed by atoms with van der Waals surface area (Å²) < 4.78 is 143. The van der Waals surface area contributed by atoms with E-state index in [-0.39, 0.29) is 28.8 Å². The molecule has 16 heteroatoms. The lowest BCUT2D eigenvalue weighted by molar-refractivity contribution is -0.143. The Morgan fingerprint density at radius 2 is 1.50 bits per heavy atom. The van der Waals surface area contributed by atoms with E-state index in [1.54, 1.807) is 0 Å². The van der Waals surface area contributed by atoms with Crippen LogP contribution in [-0.4, -0.2) is 24.2 Å². The van der Waals surface area contributed by atoms with Crippen LogP contribution in [0.15, 0.2) is 29.1 Å². The minimum absolute atomic E-state index is 0.00484. The van der Waals surface area contributed by atoms with Gasteiger partial charge in [-0.05, 0) is 25.1 Å². The summed E-state index contributed by atoms with van der Waals surface area (Å²) in [7, 11) is -4.95. The third-order valence-corrected chi connectivity index (χ3v) is 4.98. The molecule has 1 aromatic carbocycles. The lowest BCUT2D eigenvalue weighted by atomic mass is 10.1. The fourth-order valence-corrected chi connectivity index (χ4v) is 3.60. The maximum atomic E-state index is 13.6. The van der Waals surface area contributed by atoms with Gasteiger partial charge in [0.05, 0.1) is 23.1 Å². The topological polar surface area (TPSA) is 72.3 Å². The van der Waals surface area contributed by atoms with Crippen LogP contribution in [0.4, 0.5) is 51.1 Å².